The average molecular weight is 360 g/mol. The second kappa shape index (κ2) is 7.29. The van der Waals surface area contributed by atoms with Crippen molar-refractivity contribution >= 4 is 27.3 Å². The maximum absolute atomic E-state index is 13.7. The Balaban J connectivity index is 2.11. The van der Waals surface area contributed by atoms with Gasteiger partial charge in [0.25, 0.3) is 0 Å². The molecule has 2 rings (SSSR count). The summed E-state index contributed by atoms with van der Waals surface area (Å²) in [4.78, 5) is 1.23. The number of thiophene rings is 1. The molecule has 0 amide bonds. The summed E-state index contributed by atoms with van der Waals surface area (Å²) < 4.78 is 27.8. The molecule has 1 nitrogen and oxygen atoms in total. The molecule has 0 saturated heterocycles. The van der Waals surface area contributed by atoms with Gasteiger partial charge in [0, 0.05) is 21.5 Å². The van der Waals surface area contributed by atoms with Gasteiger partial charge in [-0.05, 0) is 58.4 Å². The Kier molecular flexibility index (Phi) is 5.69. The van der Waals surface area contributed by atoms with E-state index in [0.29, 0.717) is 12.0 Å². The summed E-state index contributed by atoms with van der Waals surface area (Å²) in [6, 6.07) is 5.93. The summed E-state index contributed by atoms with van der Waals surface area (Å²) >= 11 is 5.19. The molecule has 1 heterocycles. The van der Waals surface area contributed by atoms with Crippen molar-refractivity contribution in [1.82, 2.24) is 5.32 Å². The van der Waals surface area contributed by atoms with E-state index < -0.39 is 11.6 Å². The summed E-state index contributed by atoms with van der Waals surface area (Å²) in [6.45, 7) is 2.84. The molecule has 1 aromatic carbocycles. The Hall–Kier alpha value is -0.780. The highest BCUT2D eigenvalue weighted by Gasteiger charge is 2.15. The molecule has 0 radical (unpaired) electrons. The van der Waals surface area contributed by atoms with Crippen molar-refractivity contribution in [2.75, 3.05) is 6.54 Å². The monoisotopic (exact) mass is 359 g/mol. The van der Waals surface area contributed by atoms with Crippen molar-refractivity contribution in [3.8, 4) is 0 Å². The van der Waals surface area contributed by atoms with Gasteiger partial charge in [-0.25, -0.2) is 8.78 Å². The Morgan fingerprint density at radius 2 is 2.05 bits per heavy atom. The van der Waals surface area contributed by atoms with Crippen molar-refractivity contribution in [2.24, 2.45) is 0 Å². The van der Waals surface area contributed by atoms with Crippen LogP contribution in [0.5, 0.6) is 0 Å². The zero-order valence-corrected chi connectivity index (χ0v) is 13.5. The molecular weight excluding hydrogens is 344 g/mol. The molecule has 0 aliphatic carbocycles. The van der Waals surface area contributed by atoms with E-state index in [4.69, 9.17) is 0 Å². The Labute approximate surface area is 130 Å². The predicted octanol–water partition coefficient (Wildman–Crippen LogP) is 4.55. The van der Waals surface area contributed by atoms with Crippen LogP contribution in [0.1, 0.15) is 17.4 Å². The number of rotatable bonds is 6. The fourth-order valence-corrected chi connectivity index (χ4v) is 3.75. The minimum absolute atomic E-state index is 0.134. The quantitative estimate of drug-likeness (QED) is 0.797. The number of nitrogens with one attached hydrogen (secondary N) is 1. The number of likely N-dealkylation sites (N-methyl/N-ethyl adjacent to an activating group) is 1. The second-order valence-electron chi connectivity index (χ2n) is 4.59. The van der Waals surface area contributed by atoms with Crippen molar-refractivity contribution in [2.45, 2.75) is 25.8 Å². The van der Waals surface area contributed by atoms with E-state index in [2.05, 4.69) is 21.2 Å². The van der Waals surface area contributed by atoms with Crippen molar-refractivity contribution < 1.29 is 8.78 Å². The Bertz CT molecular complexity index is 571. The smallest absolute Gasteiger partial charge is 0.129 e. The van der Waals surface area contributed by atoms with Crippen LogP contribution >= 0.6 is 27.3 Å². The van der Waals surface area contributed by atoms with Crippen LogP contribution in [0.2, 0.25) is 0 Å². The molecular formula is C15H16BrF2NS. The first-order chi connectivity index (χ1) is 9.60. The molecule has 0 fully saturated rings. The zero-order chi connectivity index (χ0) is 14.5. The van der Waals surface area contributed by atoms with E-state index in [-0.39, 0.29) is 6.04 Å². The highest BCUT2D eigenvalue weighted by atomic mass is 79.9. The Morgan fingerprint density at radius 1 is 1.25 bits per heavy atom. The van der Waals surface area contributed by atoms with Gasteiger partial charge in [0.15, 0.2) is 0 Å². The van der Waals surface area contributed by atoms with E-state index in [9.17, 15) is 8.78 Å². The lowest BCUT2D eigenvalue weighted by molar-refractivity contribution is 0.503. The van der Waals surface area contributed by atoms with Gasteiger partial charge in [0.2, 0.25) is 0 Å². The van der Waals surface area contributed by atoms with E-state index in [1.54, 1.807) is 11.3 Å². The standard InChI is InChI=1S/C15H16BrF2NS/c1-2-19-12(9-15-13(16)5-6-20-15)7-10-3-4-11(17)8-14(10)18/h3-6,8,12,19H,2,7,9H2,1H3. The first kappa shape index (κ1) is 15.6. The molecule has 5 heteroatoms. The van der Waals surface area contributed by atoms with Gasteiger partial charge in [-0.15, -0.1) is 11.3 Å². The molecule has 1 aromatic heterocycles. The normalized spacial score (nSPS) is 12.6. The number of hydrogen-bond donors (Lipinski definition) is 1. The summed E-state index contributed by atoms with van der Waals surface area (Å²) in [7, 11) is 0. The molecule has 0 spiro atoms. The van der Waals surface area contributed by atoms with E-state index >= 15 is 0 Å². The van der Waals surface area contributed by atoms with Gasteiger partial charge in [-0.1, -0.05) is 13.0 Å². The van der Waals surface area contributed by atoms with Crippen LogP contribution in [0.25, 0.3) is 0 Å². The average Bonchev–Trinajstić information content (AvgIpc) is 2.79. The van der Waals surface area contributed by atoms with Crippen LogP contribution in [-0.2, 0) is 12.8 Å². The Morgan fingerprint density at radius 3 is 2.65 bits per heavy atom. The third kappa shape index (κ3) is 4.11. The van der Waals surface area contributed by atoms with E-state index in [0.717, 1.165) is 23.5 Å². The lowest BCUT2D eigenvalue weighted by atomic mass is 10.0. The number of hydrogen-bond acceptors (Lipinski definition) is 2. The van der Waals surface area contributed by atoms with Crippen LogP contribution < -0.4 is 5.32 Å². The minimum Gasteiger partial charge on any atom is -0.314 e. The summed E-state index contributed by atoms with van der Waals surface area (Å²) in [5, 5.41) is 5.39. The summed E-state index contributed by atoms with van der Waals surface area (Å²) in [6.07, 6.45) is 1.37. The van der Waals surface area contributed by atoms with Crippen LogP contribution in [0.4, 0.5) is 8.78 Å². The third-order valence-electron chi connectivity index (χ3n) is 3.10. The van der Waals surface area contributed by atoms with Crippen LogP contribution in [0, 0.1) is 11.6 Å². The molecule has 1 atom stereocenters. The molecule has 108 valence electrons. The molecule has 1 N–H and O–H groups in total. The zero-order valence-electron chi connectivity index (χ0n) is 11.1. The lowest BCUT2D eigenvalue weighted by Crippen LogP contribution is -2.33. The second-order valence-corrected chi connectivity index (χ2v) is 6.45. The topological polar surface area (TPSA) is 12.0 Å². The molecule has 0 saturated carbocycles. The molecule has 0 aliphatic rings. The van der Waals surface area contributed by atoms with Crippen molar-refractivity contribution in [1.29, 1.82) is 0 Å². The molecule has 0 bridgehead atoms. The molecule has 0 aliphatic heterocycles. The minimum atomic E-state index is -0.535. The van der Waals surface area contributed by atoms with Crippen molar-refractivity contribution in [3.63, 3.8) is 0 Å². The largest absolute Gasteiger partial charge is 0.314 e. The number of benzene rings is 1. The van der Waals surface area contributed by atoms with E-state index in [1.165, 1.54) is 17.0 Å². The van der Waals surface area contributed by atoms with Gasteiger partial charge in [-0.3, -0.25) is 0 Å². The van der Waals surface area contributed by atoms with Gasteiger partial charge in [0.1, 0.15) is 11.6 Å². The molecule has 20 heavy (non-hydrogen) atoms. The SMILES string of the molecule is CCNC(Cc1ccc(F)cc1F)Cc1sccc1Br. The molecule has 1 unspecified atom stereocenters. The predicted molar refractivity (Wildman–Crippen MR) is 83.2 cm³/mol. The van der Waals surface area contributed by atoms with Gasteiger partial charge >= 0.3 is 0 Å². The number of halogens is 3. The van der Waals surface area contributed by atoms with Gasteiger partial charge in [-0.2, -0.15) is 0 Å². The van der Waals surface area contributed by atoms with Crippen LogP contribution in [0.3, 0.4) is 0 Å². The first-order valence-corrected chi connectivity index (χ1v) is 8.16. The highest BCUT2D eigenvalue weighted by Crippen LogP contribution is 2.25. The highest BCUT2D eigenvalue weighted by molar-refractivity contribution is 9.10. The summed E-state index contributed by atoms with van der Waals surface area (Å²) in [5.41, 5.74) is 0.546. The maximum atomic E-state index is 13.7. The molecule has 2 aromatic rings. The maximum Gasteiger partial charge on any atom is 0.129 e. The van der Waals surface area contributed by atoms with E-state index in [1.807, 2.05) is 18.4 Å². The third-order valence-corrected chi connectivity index (χ3v) is 5.05. The van der Waals surface area contributed by atoms with Crippen LogP contribution in [-0.4, -0.2) is 12.6 Å². The van der Waals surface area contributed by atoms with Gasteiger partial charge < -0.3 is 5.32 Å². The summed E-state index contributed by atoms with van der Waals surface area (Å²) in [5.74, 6) is -1.01. The fourth-order valence-electron chi connectivity index (χ4n) is 2.15. The first-order valence-electron chi connectivity index (χ1n) is 6.49. The fraction of sp³-hybridized carbons (Fsp3) is 0.333. The van der Waals surface area contributed by atoms with Gasteiger partial charge in [0.05, 0.1) is 0 Å². The lowest BCUT2D eigenvalue weighted by Gasteiger charge is -2.18. The van der Waals surface area contributed by atoms with Crippen molar-refractivity contribution in [3.05, 3.63) is 56.2 Å². The van der Waals surface area contributed by atoms with Crippen LogP contribution in [0.15, 0.2) is 34.1 Å².